The molecule has 0 radical (unpaired) electrons. The van der Waals surface area contributed by atoms with Gasteiger partial charge in [-0.2, -0.15) is 0 Å². The van der Waals surface area contributed by atoms with Gasteiger partial charge in [0.1, 0.15) is 5.69 Å². The Balaban J connectivity index is 2.14. The summed E-state index contributed by atoms with van der Waals surface area (Å²) in [4.78, 5) is 16.2. The maximum absolute atomic E-state index is 11.7. The average Bonchev–Trinajstić information content (AvgIpc) is 2.99. The first-order valence-corrected chi connectivity index (χ1v) is 6.88. The van der Waals surface area contributed by atoms with Crippen molar-refractivity contribution < 1.29 is 9.53 Å². The molecule has 0 spiro atoms. The summed E-state index contributed by atoms with van der Waals surface area (Å²) in [6, 6.07) is 3.62. The molecule has 0 amide bonds. The van der Waals surface area contributed by atoms with Crippen molar-refractivity contribution in [3.05, 3.63) is 40.1 Å². The van der Waals surface area contributed by atoms with E-state index in [9.17, 15) is 4.79 Å². The Hall–Kier alpha value is -1.62. The molecule has 0 fully saturated rings. The van der Waals surface area contributed by atoms with Crippen LogP contribution in [0.15, 0.2) is 23.7 Å². The molecule has 0 saturated heterocycles. The zero-order valence-electron chi connectivity index (χ0n) is 10.5. The molecule has 2 heterocycles. The van der Waals surface area contributed by atoms with Gasteiger partial charge < -0.3 is 9.30 Å². The predicted octanol–water partition coefficient (Wildman–Crippen LogP) is 2.73. The molecule has 0 aliphatic heterocycles. The molecule has 2 aromatic heterocycles. The van der Waals surface area contributed by atoms with Gasteiger partial charge in [0.2, 0.25) is 0 Å². The van der Waals surface area contributed by atoms with Gasteiger partial charge in [-0.3, -0.25) is 0 Å². The third kappa shape index (κ3) is 2.79. The van der Waals surface area contributed by atoms with Crippen LogP contribution < -0.4 is 0 Å². The van der Waals surface area contributed by atoms with Gasteiger partial charge in [-0.25, -0.2) is 9.78 Å². The highest BCUT2D eigenvalue weighted by atomic mass is 32.1. The van der Waals surface area contributed by atoms with Gasteiger partial charge >= 0.3 is 5.97 Å². The van der Waals surface area contributed by atoms with Crippen LogP contribution in [-0.4, -0.2) is 22.1 Å². The lowest BCUT2D eigenvalue weighted by Gasteiger charge is -2.06. The van der Waals surface area contributed by atoms with Gasteiger partial charge in [-0.05, 0) is 25.5 Å². The second-order valence-electron chi connectivity index (χ2n) is 3.83. The maximum atomic E-state index is 11.7. The van der Waals surface area contributed by atoms with Crippen LogP contribution in [-0.2, 0) is 17.7 Å². The van der Waals surface area contributed by atoms with E-state index < -0.39 is 0 Å². The maximum Gasteiger partial charge on any atom is 0.354 e. The standard InChI is InChI=1S/C13H16N2O2S/c1-3-12-14-10(9-18-12)8-15-7-5-6-11(15)13(16)17-4-2/h5-7,9H,3-4,8H2,1-2H3. The first-order chi connectivity index (χ1) is 8.74. The normalized spacial score (nSPS) is 10.6. The zero-order chi connectivity index (χ0) is 13.0. The van der Waals surface area contributed by atoms with Gasteiger partial charge in [-0.15, -0.1) is 11.3 Å². The summed E-state index contributed by atoms with van der Waals surface area (Å²) >= 11 is 1.66. The van der Waals surface area contributed by atoms with Crippen molar-refractivity contribution in [3.8, 4) is 0 Å². The number of esters is 1. The molecule has 0 unspecified atom stereocenters. The molecule has 4 nitrogen and oxygen atoms in total. The number of hydrogen-bond acceptors (Lipinski definition) is 4. The Morgan fingerprint density at radius 1 is 1.50 bits per heavy atom. The van der Waals surface area contributed by atoms with Crippen LogP contribution in [0.3, 0.4) is 0 Å². The van der Waals surface area contributed by atoms with E-state index in [2.05, 4.69) is 11.9 Å². The molecule has 0 N–H and O–H groups in total. The molecule has 96 valence electrons. The topological polar surface area (TPSA) is 44.1 Å². The van der Waals surface area contributed by atoms with E-state index in [1.807, 2.05) is 22.2 Å². The van der Waals surface area contributed by atoms with E-state index in [4.69, 9.17) is 4.74 Å². The van der Waals surface area contributed by atoms with Gasteiger partial charge in [0.15, 0.2) is 0 Å². The fourth-order valence-electron chi connectivity index (χ4n) is 1.70. The van der Waals surface area contributed by atoms with Crippen LogP contribution in [0.2, 0.25) is 0 Å². The number of carbonyl (C=O) groups is 1. The second kappa shape index (κ2) is 5.82. The molecular formula is C13H16N2O2S. The lowest BCUT2D eigenvalue weighted by Crippen LogP contribution is -2.12. The minimum atomic E-state index is -0.284. The first kappa shape index (κ1) is 12.8. The van der Waals surface area contributed by atoms with Gasteiger partial charge in [0, 0.05) is 11.6 Å². The summed E-state index contributed by atoms with van der Waals surface area (Å²) in [6.07, 6.45) is 2.82. The van der Waals surface area contributed by atoms with Crippen molar-refractivity contribution >= 4 is 17.3 Å². The van der Waals surface area contributed by atoms with Crippen molar-refractivity contribution in [2.45, 2.75) is 26.8 Å². The van der Waals surface area contributed by atoms with Gasteiger partial charge in [0.05, 0.1) is 23.9 Å². The molecular weight excluding hydrogens is 248 g/mol. The second-order valence-corrected chi connectivity index (χ2v) is 4.77. The first-order valence-electron chi connectivity index (χ1n) is 6.00. The van der Waals surface area contributed by atoms with Gasteiger partial charge in [0.25, 0.3) is 0 Å². The Morgan fingerprint density at radius 2 is 2.33 bits per heavy atom. The van der Waals surface area contributed by atoms with Crippen LogP contribution >= 0.6 is 11.3 Å². The molecule has 5 heteroatoms. The van der Waals surface area contributed by atoms with Crippen LogP contribution in [0.1, 0.15) is 35.0 Å². The summed E-state index contributed by atoms with van der Waals surface area (Å²) in [5.41, 5.74) is 1.56. The fourth-order valence-corrected chi connectivity index (χ4v) is 2.44. The number of rotatable bonds is 5. The SMILES string of the molecule is CCOC(=O)c1cccn1Cc1csc(CC)n1. The van der Waals surface area contributed by atoms with Crippen LogP contribution in [0.4, 0.5) is 0 Å². The monoisotopic (exact) mass is 264 g/mol. The summed E-state index contributed by atoms with van der Waals surface area (Å²) in [5.74, 6) is -0.284. The van der Waals surface area contributed by atoms with E-state index in [0.29, 0.717) is 18.8 Å². The van der Waals surface area contributed by atoms with E-state index >= 15 is 0 Å². The highest BCUT2D eigenvalue weighted by Gasteiger charge is 2.12. The van der Waals surface area contributed by atoms with Crippen molar-refractivity contribution in [1.82, 2.24) is 9.55 Å². The van der Waals surface area contributed by atoms with Crippen molar-refractivity contribution in [1.29, 1.82) is 0 Å². The van der Waals surface area contributed by atoms with Crippen LogP contribution in [0.5, 0.6) is 0 Å². The number of ether oxygens (including phenoxy) is 1. The highest BCUT2D eigenvalue weighted by Crippen LogP contribution is 2.13. The molecule has 18 heavy (non-hydrogen) atoms. The summed E-state index contributed by atoms with van der Waals surface area (Å²) in [5, 5.41) is 3.16. The van der Waals surface area contributed by atoms with Crippen LogP contribution in [0, 0.1) is 0 Å². The molecule has 0 saturated carbocycles. The molecule has 0 aliphatic rings. The third-order valence-electron chi connectivity index (χ3n) is 2.55. The number of nitrogens with zero attached hydrogens (tertiary/aromatic N) is 2. The molecule has 0 atom stereocenters. The third-order valence-corrected chi connectivity index (χ3v) is 3.59. The van der Waals surface area contributed by atoms with Crippen molar-refractivity contribution in [2.75, 3.05) is 6.61 Å². The molecule has 0 aliphatic carbocycles. The summed E-state index contributed by atoms with van der Waals surface area (Å²) in [7, 11) is 0. The Labute approximate surface area is 110 Å². The van der Waals surface area contributed by atoms with Crippen molar-refractivity contribution in [2.24, 2.45) is 0 Å². The lowest BCUT2D eigenvalue weighted by atomic mass is 10.4. The number of hydrogen-bond donors (Lipinski definition) is 0. The predicted molar refractivity (Wildman–Crippen MR) is 71.0 cm³/mol. The minimum absolute atomic E-state index is 0.284. The summed E-state index contributed by atoms with van der Waals surface area (Å²) in [6.45, 7) is 4.89. The number of aryl methyl sites for hydroxylation is 1. The smallest absolute Gasteiger partial charge is 0.354 e. The van der Waals surface area contributed by atoms with E-state index in [-0.39, 0.29) is 5.97 Å². The van der Waals surface area contributed by atoms with E-state index in [0.717, 1.165) is 17.1 Å². The minimum Gasteiger partial charge on any atom is -0.461 e. The number of aromatic nitrogens is 2. The van der Waals surface area contributed by atoms with Crippen molar-refractivity contribution in [3.63, 3.8) is 0 Å². The van der Waals surface area contributed by atoms with Crippen LogP contribution in [0.25, 0.3) is 0 Å². The number of carbonyl (C=O) groups excluding carboxylic acids is 1. The average molecular weight is 264 g/mol. The van der Waals surface area contributed by atoms with Gasteiger partial charge in [-0.1, -0.05) is 6.92 Å². The largest absolute Gasteiger partial charge is 0.461 e. The zero-order valence-corrected chi connectivity index (χ0v) is 11.4. The molecule has 0 aromatic carbocycles. The fraction of sp³-hybridized carbons (Fsp3) is 0.385. The quantitative estimate of drug-likeness (QED) is 0.780. The van der Waals surface area contributed by atoms with E-state index in [1.165, 1.54) is 0 Å². The Morgan fingerprint density at radius 3 is 3.00 bits per heavy atom. The lowest BCUT2D eigenvalue weighted by molar-refractivity contribution is 0.0514. The Kier molecular flexibility index (Phi) is 4.15. The Bertz CT molecular complexity index is 531. The summed E-state index contributed by atoms with van der Waals surface area (Å²) < 4.78 is 6.88. The molecule has 0 bridgehead atoms. The highest BCUT2D eigenvalue weighted by molar-refractivity contribution is 7.09. The number of thiazole rings is 1. The van der Waals surface area contributed by atoms with E-state index in [1.54, 1.807) is 24.3 Å². The molecule has 2 rings (SSSR count). The molecule has 2 aromatic rings.